The third-order valence-corrected chi connectivity index (χ3v) is 4.89. The molecule has 3 atom stereocenters. The molecule has 3 rings (SSSR count). The largest absolute Gasteiger partial charge is 0.383 e. The molecule has 0 aliphatic carbocycles. The molecule has 1 fully saturated rings. The van der Waals surface area contributed by atoms with Crippen LogP contribution in [0.25, 0.3) is 0 Å². The van der Waals surface area contributed by atoms with Crippen LogP contribution in [0.2, 0.25) is 0 Å². The van der Waals surface area contributed by atoms with E-state index in [1.54, 1.807) is 12.0 Å². The highest BCUT2D eigenvalue weighted by Crippen LogP contribution is 2.34. The van der Waals surface area contributed by atoms with Gasteiger partial charge in [0.2, 0.25) is 11.8 Å². The first-order valence-electron chi connectivity index (χ1n) is 8.22. The van der Waals surface area contributed by atoms with Crippen molar-refractivity contribution in [2.45, 2.75) is 38.8 Å². The molecule has 2 aliphatic heterocycles. The number of hydrogen-bond donors (Lipinski definition) is 0. The molecular weight excluding hydrogens is 292 g/mol. The van der Waals surface area contributed by atoms with E-state index in [9.17, 15) is 9.59 Å². The molecule has 2 aliphatic rings. The van der Waals surface area contributed by atoms with Gasteiger partial charge in [0.1, 0.15) is 0 Å². The Balaban J connectivity index is 1.76. The van der Waals surface area contributed by atoms with Crippen molar-refractivity contribution in [3.05, 3.63) is 29.8 Å². The minimum Gasteiger partial charge on any atom is -0.383 e. The average molecular weight is 316 g/mol. The lowest BCUT2D eigenvalue weighted by Crippen LogP contribution is -2.42. The van der Waals surface area contributed by atoms with Crippen LogP contribution in [-0.4, -0.2) is 49.1 Å². The number of fused-ring (bicyclic) bond motifs is 1. The van der Waals surface area contributed by atoms with Crippen molar-refractivity contribution in [1.82, 2.24) is 4.90 Å². The zero-order valence-corrected chi connectivity index (χ0v) is 14.0. The monoisotopic (exact) mass is 316 g/mol. The summed E-state index contributed by atoms with van der Waals surface area (Å²) in [4.78, 5) is 28.9. The summed E-state index contributed by atoms with van der Waals surface area (Å²) >= 11 is 0. The van der Waals surface area contributed by atoms with Gasteiger partial charge in [0.25, 0.3) is 0 Å². The first kappa shape index (κ1) is 16.0. The number of anilines is 1. The fraction of sp³-hybridized carbons (Fsp3) is 0.556. The molecule has 0 N–H and O–H groups in total. The van der Waals surface area contributed by atoms with Crippen molar-refractivity contribution >= 4 is 17.5 Å². The Kier molecular flexibility index (Phi) is 4.39. The fourth-order valence-corrected chi connectivity index (χ4v) is 3.75. The number of methoxy groups -OCH3 is 1. The van der Waals surface area contributed by atoms with Gasteiger partial charge in [-0.05, 0) is 31.9 Å². The van der Waals surface area contributed by atoms with E-state index in [1.165, 1.54) is 5.56 Å². The molecule has 1 saturated heterocycles. The van der Waals surface area contributed by atoms with Crippen molar-refractivity contribution < 1.29 is 14.3 Å². The number of rotatable bonds is 4. The Labute approximate surface area is 137 Å². The van der Waals surface area contributed by atoms with Gasteiger partial charge in [-0.25, -0.2) is 0 Å². The van der Waals surface area contributed by atoms with Gasteiger partial charge in [-0.3, -0.25) is 9.59 Å². The predicted octanol–water partition coefficient (Wildman–Crippen LogP) is 1.85. The summed E-state index contributed by atoms with van der Waals surface area (Å²) in [6.07, 6.45) is 1.19. The van der Waals surface area contributed by atoms with Crippen LogP contribution in [0.4, 0.5) is 5.69 Å². The third kappa shape index (κ3) is 2.85. The first-order valence-corrected chi connectivity index (χ1v) is 8.22. The molecule has 23 heavy (non-hydrogen) atoms. The van der Waals surface area contributed by atoms with Crippen molar-refractivity contribution in [1.29, 1.82) is 0 Å². The number of likely N-dealkylation sites (tertiary alicyclic amines) is 1. The molecule has 2 amide bonds. The van der Waals surface area contributed by atoms with Gasteiger partial charge >= 0.3 is 0 Å². The zero-order chi connectivity index (χ0) is 16.6. The smallest absolute Gasteiger partial charge is 0.232 e. The number of nitrogens with zero attached hydrogens (tertiary/aromatic N) is 2. The van der Waals surface area contributed by atoms with Crippen LogP contribution in [0, 0.1) is 5.92 Å². The second kappa shape index (κ2) is 6.32. The van der Waals surface area contributed by atoms with E-state index >= 15 is 0 Å². The summed E-state index contributed by atoms with van der Waals surface area (Å²) < 4.78 is 5.13. The van der Waals surface area contributed by atoms with Gasteiger partial charge in [0.15, 0.2) is 0 Å². The van der Waals surface area contributed by atoms with E-state index in [-0.39, 0.29) is 29.8 Å². The highest BCUT2D eigenvalue weighted by atomic mass is 16.5. The van der Waals surface area contributed by atoms with Crippen LogP contribution in [0.1, 0.15) is 25.8 Å². The third-order valence-electron chi connectivity index (χ3n) is 4.89. The van der Waals surface area contributed by atoms with Crippen molar-refractivity contribution in [3.8, 4) is 0 Å². The van der Waals surface area contributed by atoms with Gasteiger partial charge in [0, 0.05) is 31.8 Å². The maximum Gasteiger partial charge on any atom is 0.232 e. The molecule has 0 bridgehead atoms. The maximum absolute atomic E-state index is 13.0. The highest BCUT2D eigenvalue weighted by Gasteiger charge is 2.41. The van der Waals surface area contributed by atoms with Crippen molar-refractivity contribution in [2.75, 3.05) is 25.2 Å². The molecule has 1 aromatic rings. The molecule has 0 saturated carbocycles. The van der Waals surface area contributed by atoms with E-state index in [1.807, 2.05) is 30.0 Å². The van der Waals surface area contributed by atoms with Crippen LogP contribution in [0.15, 0.2) is 24.3 Å². The molecular formula is C18H24N2O3. The van der Waals surface area contributed by atoms with Gasteiger partial charge in [-0.2, -0.15) is 0 Å². The summed E-state index contributed by atoms with van der Waals surface area (Å²) in [6.45, 7) is 5.02. The molecule has 0 unspecified atom stereocenters. The Hall–Kier alpha value is -1.88. The zero-order valence-electron chi connectivity index (χ0n) is 14.0. The Morgan fingerprint density at radius 2 is 2.09 bits per heavy atom. The molecule has 1 aromatic carbocycles. The van der Waals surface area contributed by atoms with Crippen LogP contribution in [-0.2, 0) is 20.7 Å². The summed E-state index contributed by atoms with van der Waals surface area (Å²) in [5, 5.41) is 0. The van der Waals surface area contributed by atoms with Crippen LogP contribution >= 0.6 is 0 Å². The second-order valence-corrected chi connectivity index (χ2v) is 6.64. The number of ether oxygens (including phenoxy) is 1. The van der Waals surface area contributed by atoms with E-state index < -0.39 is 0 Å². The molecule has 124 valence electrons. The summed E-state index contributed by atoms with van der Waals surface area (Å²) in [5.41, 5.74) is 2.21. The van der Waals surface area contributed by atoms with Crippen LogP contribution < -0.4 is 4.90 Å². The minimum atomic E-state index is -0.254. The Morgan fingerprint density at radius 1 is 1.35 bits per heavy atom. The van der Waals surface area contributed by atoms with Crippen LogP contribution in [0.5, 0.6) is 0 Å². The second-order valence-electron chi connectivity index (χ2n) is 6.64. The molecule has 5 nitrogen and oxygen atoms in total. The van der Waals surface area contributed by atoms with Gasteiger partial charge in [0.05, 0.1) is 18.6 Å². The number of carbonyl (C=O) groups excluding carboxylic acids is 2. The molecule has 0 aromatic heterocycles. The van der Waals surface area contributed by atoms with E-state index in [0.717, 1.165) is 12.1 Å². The fourth-order valence-electron chi connectivity index (χ4n) is 3.75. The van der Waals surface area contributed by atoms with E-state index in [2.05, 4.69) is 13.0 Å². The Bertz CT molecular complexity index is 616. The maximum atomic E-state index is 13.0. The van der Waals surface area contributed by atoms with Gasteiger partial charge in [-0.15, -0.1) is 0 Å². The molecule has 0 radical (unpaired) electrons. The quantitative estimate of drug-likeness (QED) is 0.852. The van der Waals surface area contributed by atoms with Crippen molar-refractivity contribution in [3.63, 3.8) is 0 Å². The average Bonchev–Trinajstić information content (AvgIpc) is 3.06. The summed E-state index contributed by atoms with van der Waals surface area (Å²) in [7, 11) is 1.63. The summed E-state index contributed by atoms with van der Waals surface area (Å²) in [5.74, 6) is -0.133. The van der Waals surface area contributed by atoms with Gasteiger partial charge in [-0.1, -0.05) is 18.2 Å². The van der Waals surface area contributed by atoms with E-state index in [4.69, 9.17) is 4.74 Å². The number of para-hydroxylation sites is 1. The lowest BCUT2D eigenvalue weighted by Gasteiger charge is -2.27. The number of amides is 2. The predicted molar refractivity (Wildman–Crippen MR) is 88.3 cm³/mol. The number of benzene rings is 1. The molecule has 0 spiro atoms. The molecule has 2 heterocycles. The molecule has 5 heteroatoms. The van der Waals surface area contributed by atoms with Crippen LogP contribution in [0.3, 0.4) is 0 Å². The Morgan fingerprint density at radius 3 is 2.83 bits per heavy atom. The van der Waals surface area contributed by atoms with Gasteiger partial charge < -0.3 is 14.5 Å². The number of hydrogen-bond acceptors (Lipinski definition) is 3. The normalized spacial score (nSPS) is 24.9. The van der Waals surface area contributed by atoms with E-state index in [0.29, 0.717) is 19.6 Å². The minimum absolute atomic E-state index is 0.00795. The topological polar surface area (TPSA) is 49.9 Å². The van der Waals surface area contributed by atoms with Crippen molar-refractivity contribution in [2.24, 2.45) is 5.92 Å². The SMILES string of the molecule is COC[C@H](C)N1C[C@H](C(=O)N2c3ccccc3C[C@H]2C)CC1=O. The number of carbonyl (C=O) groups is 2. The summed E-state index contributed by atoms with van der Waals surface area (Å²) in [6, 6.07) is 8.20. The highest BCUT2D eigenvalue weighted by molar-refractivity contribution is 6.01. The standard InChI is InChI=1S/C18H24N2O3/c1-12-8-14-6-4-5-7-16(14)20(12)18(22)15-9-17(21)19(10-15)13(2)11-23-3/h4-7,12-13,15H,8-11H2,1-3H3/t12-,13+,15-/m1/s1. The lowest BCUT2D eigenvalue weighted by atomic mass is 10.1. The first-order chi connectivity index (χ1) is 11.0. The lowest BCUT2D eigenvalue weighted by molar-refractivity contribution is -0.130.